The van der Waals surface area contributed by atoms with Crippen LogP contribution in [-0.2, 0) is 0 Å². The van der Waals surface area contributed by atoms with Crippen molar-refractivity contribution in [3.8, 4) is 11.1 Å². The molecule has 1 aliphatic carbocycles. The molecule has 0 fully saturated rings. The van der Waals surface area contributed by atoms with Crippen molar-refractivity contribution < 1.29 is 10.2 Å². The fraction of sp³-hybridized carbons (Fsp3) is 0.200. The Hall–Kier alpha value is -1.16. The lowest BCUT2D eigenvalue weighted by Gasteiger charge is -2.29. The lowest BCUT2D eigenvalue weighted by molar-refractivity contribution is 0.0158. The molecule has 0 aliphatic heterocycles. The van der Waals surface area contributed by atoms with E-state index in [1.807, 2.05) is 42.5 Å². The van der Waals surface area contributed by atoms with E-state index in [1.54, 1.807) is 0 Å². The minimum atomic E-state index is -0.854. The molecule has 18 heavy (non-hydrogen) atoms. The number of benzene rings is 2. The quantitative estimate of drug-likeness (QED) is 0.776. The Morgan fingerprint density at radius 2 is 1.44 bits per heavy atom. The summed E-state index contributed by atoms with van der Waals surface area (Å²) in [7, 11) is 0. The van der Waals surface area contributed by atoms with Gasteiger partial charge in [-0.25, -0.2) is 0 Å². The summed E-state index contributed by atoms with van der Waals surface area (Å²) >= 11 is 3.43. The third-order valence-corrected chi connectivity index (χ3v) is 3.70. The maximum absolute atomic E-state index is 10.1. The highest BCUT2D eigenvalue weighted by atomic mass is 79.9. The summed E-state index contributed by atoms with van der Waals surface area (Å²) in [5, 5.41) is 20.2. The molecular formula is C15H15BrO2. The Kier molecular flexibility index (Phi) is 3.57. The number of halogens is 1. The molecule has 3 heteroatoms. The minimum absolute atomic E-state index is 0. The molecule has 0 saturated heterocycles. The Balaban J connectivity index is 0.00000120. The number of rotatable bonds is 0. The molecule has 2 nitrogen and oxygen atoms in total. The molecule has 2 N–H and O–H groups in total. The van der Waals surface area contributed by atoms with Crippen LogP contribution in [0.15, 0.2) is 46.9 Å². The van der Waals surface area contributed by atoms with Gasteiger partial charge in [0.1, 0.15) is 12.2 Å². The summed E-state index contributed by atoms with van der Waals surface area (Å²) in [6, 6.07) is 13.3. The molecule has 0 aromatic heterocycles. The smallest absolute Gasteiger partial charge is 0.110 e. The summed E-state index contributed by atoms with van der Waals surface area (Å²) < 4.78 is 0.967. The molecule has 2 unspecified atom stereocenters. The Bertz CT molecular complexity index is 580. The van der Waals surface area contributed by atoms with Crippen LogP contribution in [0.5, 0.6) is 0 Å². The van der Waals surface area contributed by atoms with Gasteiger partial charge in [0.2, 0.25) is 0 Å². The van der Waals surface area contributed by atoms with Crippen LogP contribution in [0.3, 0.4) is 0 Å². The summed E-state index contributed by atoms with van der Waals surface area (Å²) in [5.41, 5.74) is 3.53. The summed E-state index contributed by atoms with van der Waals surface area (Å²) in [6.07, 6.45) is -1.70. The minimum Gasteiger partial charge on any atom is -0.385 e. The van der Waals surface area contributed by atoms with Crippen LogP contribution >= 0.6 is 15.9 Å². The third kappa shape index (κ3) is 1.88. The molecule has 2 aromatic rings. The van der Waals surface area contributed by atoms with Gasteiger partial charge in [0.15, 0.2) is 0 Å². The Labute approximate surface area is 115 Å². The largest absolute Gasteiger partial charge is 0.385 e. The fourth-order valence-electron chi connectivity index (χ4n) is 2.36. The average Bonchev–Trinajstić information content (AvgIpc) is 2.36. The van der Waals surface area contributed by atoms with Crippen LogP contribution in [0.25, 0.3) is 11.1 Å². The lowest BCUT2D eigenvalue weighted by Crippen LogP contribution is -2.17. The van der Waals surface area contributed by atoms with Crippen LogP contribution in [0, 0.1) is 0 Å². The molecular weight excluding hydrogens is 292 g/mol. The van der Waals surface area contributed by atoms with Crippen LogP contribution < -0.4 is 0 Å². The van der Waals surface area contributed by atoms with Crippen molar-refractivity contribution in [1.82, 2.24) is 0 Å². The summed E-state index contributed by atoms with van der Waals surface area (Å²) in [5.74, 6) is 0. The van der Waals surface area contributed by atoms with E-state index in [0.29, 0.717) is 0 Å². The Morgan fingerprint density at radius 1 is 0.833 bits per heavy atom. The molecule has 94 valence electrons. The molecule has 0 spiro atoms. The van der Waals surface area contributed by atoms with Crippen molar-refractivity contribution >= 4 is 15.9 Å². The van der Waals surface area contributed by atoms with E-state index >= 15 is 0 Å². The van der Waals surface area contributed by atoms with Crippen molar-refractivity contribution in [2.45, 2.75) is 19.6 Å². The van der Waals surface area contributed by atoms with Gasteiger partial charge >= 0.3 is 0 Å². The van der Waals surface area contributed by atoms with Gasteiger partial charge in [-0.05, 0) is 34.4 Å². The van der Waals surface area contributed by atoms with Gasteiger partial charge in [0, 0.05) is 4.47 Å². The van der Waals surface area contributed by atoms with E-state index in [1.165, 1.54) is 0 Å². The second-order valence-electron chi connectivity index (χ2n) is 4.21. The van der Waals surface area contributed by atoms with Gasteiger partial charge in [-0.2, -0.15) is 0 Å². The number of aliphatic hydroxyl groups is 2. The zero-order valence-corrected chi connectivity index (χ0v) is 10.6. The monoisotopic (exact) mass is 306 g/mol. The zero-order valence-electron chi connectivity index (χ0n) is 8.97. The van der Waals surface area contributed by atoms with Crippen molar-refractivity contribution in [3.05, 3.63) is 58.1 Å². The van der Waals surface area contributed by atoms with Crippen LogP contribution in [0.2, 0.25) is 0 Å². The van der Waals surface area contributed by atoms with Gasteiger partial charge in [0.05, 0.1) is 0 Å². The molecule has 3 rings (SSSR count). The first-order chi connectivity index (χ1) is 8.18. The van der Waals surface area contributed by atoms with E-state index in [-0.39, 0.29) is 7.43 Å². The predicted octanol–water partition coefficient (Wildman–Crippen LogP) is 3.83. The van der Waals surface area contributed by atoms with E-state index in [4.69, 9.17) is 0 Å². The summed E-state index contributed by atoms with van der Waals surface area (Å²) in [4.78, 5) is 0. The van der Waals surface area contributed by atoms with E-state index < -0.39 is 12.2 Å². The van der Waals surface area contributed by atoms with E-state index in [0.717, 1.165) is 26.7 Å². The van der Waals surface area contributed by atoms with Crippen molar-refractivity contribution in [2.75, 3.05) is 0 Å². The van der Waals surface area contributed by atoms with Crippen molar-refractivity contribution in [2.24, 2.45) is 0 Å². The number of fused-ring (bicyclic) bond motifs is 3. The molecule has 0 radical (unpaired) electrons. The van der Waals surface area contributed by atoms with Gasteiger partial charge in [-0.1, -0.05) is 53.7 Å². The van der Waals surface area contributed by atoms with Gasteiger partial charge < -0.3 is 10.2 Å². The van der Waals surface area contributed by atoms with Gasteiger partial charge in [0.25, 0.3) is 0 Å². The first-order valence-corrected chi connectivity index (χ1v) is 6.22. The van der Waals surface area contributed by atoms with E-state index in [2.05, 4.69) is 15.9 Å². The normalized spacial score (nSPS) is 20.6. The third-order valence-electron chi connectivity index (χ3n) is 3.20. The van der Waals surface area contributed by atoms with E-state index in [9.17, 15) is 10.2 Å². The second-order valence-corrected chi connectivity index (χ2v) is 5.12. The SMILES string of the molecule is C.OC1c2ccccc2-c2cc(Br)ccc2C1O. The Morgan fingerprint density at radius 3 is 2.17 bits per heavy atom. The highest BCUT2D eigenvalue weighted by Gasteiger charge is 2.30. The van der Waals surface area contributed by atoms with Crippen molar-refractivity contribution in [1.29, 1.82) is 0 Å². The molecule has 0 saturated carbocycles. The fourth-order valence-corrected chi connectivity index (χ4v) is 2.72. The number of hydrogen-bond donors (Lipinski definition) is 2. The van der Waals surface area contributed by atoms with Crippen LogP contribution in [0.1, 0.15) is 30.8 Å². The highest BCUT2D eigenvalue weighted by Crippen LogP contribution is 2.44. The first kappa shape index (κ1) is 13.3. The van der Waals surface area contributed by atoms with Crippen molar-refractivity contribution in [3.63, 3.8) is 0 Å². The molecule has 1 aliphatic rings. The maximum atomic E-state index is 10.1. The molecule has 0 heterocycles. The van der Waals surface area contributed by atoms with Crippen LogP contribution in [0.4, 0.5) is 0 Å². The molecule has 0 bridgehead atoms. The van der Waals surface area contributed by atoms with Gasteiger partial charge in [-0.3, -0.25) is 0 Å². The number of aliphatic hydroxyl groups excluding tert-OH is 2. The first-order valence-electron chi connectivity index (χ1n) is 5.43. The highest BCUT2D eigenvalue weighted by molar-refractivity contribution is 9.10. The average molecular weight is 307 g/mol. The molecule has 2 atom stereocenters. The van der Waals surface area contributed by atoms with Gasteiger partial charge in [-0.15, -0.1) is 0 Å². The standard InChI is InChI=1S/C14H11BrO2.CH4/c15-8-5-6-11-12(7-8)9-3-1-2-4-10(9)13(16)14(11)17;/h1-7,13-14,16-17H;1H4. The summed E-state index contributed by atoms with van der Waals surface area (Å²) in [6.45, 7) is 0. The molecule has 0 amide bonds. The second kappa shape index (κ2) is 4.84. The maximum Gasteiger partial charge on any atom is 0.110 e. The molecule has 2 aromatic carbocycles. The lowest BCUT2D eigenvalue weighted by atomic mass is 9.82. The number of hydrogen-bond acceptors (Lipinski definition) is 2. The topological polar surface area (TPSA) is 40.5 Å². The van der Waals surface area contributed by atoms with Crippen LogP contribution in [-0.4, -0.2) is 10.2 Å². The zero-order chi connectivity index (χ0) is 12.0. The predicted molar refractivity (Wildman–Crippen MR) is 76.2 cm³/mol.